The normalized spacial score (nSPS) is 26.4. The number of rotatable bonds is 1. The van der Waals surface area contributed by atoms with E-state index in [0.29, 0.717) is 0 Å². The molecule has 0 saturated heterocycles. The van der Waals surface area contributed by atoms with E-state index in [9.17, 15) is 0 Å². The lowest BCUT2D eigenvalue weighted by Gasteiger charge is -2.08. The summed E-state index contributed by atoms with van der Waals surface area (Å²) in [4.78, 5) is 0. The van der Waals surface area contributed by atoms with Crippen molar-refractivity contribution >= 4 is 11.8 Å². The number of ether oxygens (including phenoxy) is 1. The molecule has 1 heterocycles. The van der Waals surface area contributed by atoms with Gasteiger partial charge in [0.05, 0.1) is 0 Å². The molecule has 0 aromatic heterocycles. The summed E-state index contributed by atoms with van der Waals surface area (Å²) >= 11 is 1.67. The maximum Gasteiger partial charge on any atom is 0.125 e. The number of methoxy groups -OCH3 is 1. The van der Waals surface area contributed by atoms with Crippen molar-refractivity contribution in [3.8, 4) is 0 Å². The molecule has 1 atom stereocenters. The molecule has 0 amide bonds. The van der Waals surface area contributed by atoms with Crippen LogP contribution in [0.15, 0.2) is 23.6 Å². The van der Waals surface area contributed by atoms with Crippen LogP contribution < -0.4 is 0 Å². The molecule has 8 heavy (non-hydrogen) atoms. The van der Waals surface area contributed by atoms with Gasteiger partial charge in [0.1, 0.15) is 5.44 Å². The fourth-order valence-electron chi connectivity index (χ4n) is 0.503. The number of hydrogen-bond donors (Lipinski definition) is 0. The standard InChI is InChI=1S/C6H8OS/c1-7-6-4-2-3-5-8-6/h2-6H,1H3. The second-order valence-corrected chi connectivity index (χ2v) is 2.46. The van der Waals surface area contributed by atoms with Gasteiger partial charge in [-0.25, -0.2) is 0 Å². The van der Waals surface area contributed by atoms with Gasteiger partial charge in [-0.3, -0.25) is 0 Å². The van der Waals surface area contributed by atoms with Crippen LogP contribution in [-0.4, -0.2) is 12.5 Å². The zero-order chi connectivity index (χ0) is 5.82. The van der Waals surface area contributed by atoms with E-state index in [-0.39, 0.29) is 5.44 Å². The molecule has 0 N–H and O–H groups in total. The largest absolute Gasteiger partial charge is 0.366 e. The van der Waals surface area contributed by atoms with Crippen LogP contribution in [0.25, 0.3) is 0 Å². The van der Waals surface area contributed by atoms with Crippen LogP contribution in [0.2, 0.25) is 0 Å². The molecule has 0 bridgehead atoms. The minimum atomic E-state index is 0.236. The molecule has 2 heteroatoms. The quantitative estimate of drug-likeness (QED) is 0.532. The van der Waals surface area contributed by atoms with Gasteiger partial charge in [-0.15, -0.1) is 0 Å². The molecule has 1 aliphatic rings. The number of hydrogen-bond acceptors (Lipinski definition) is 2. The van der Waals surface area contributed by atoms with Crippen LogP contribution in [-0.2, 0) is 4.74 Å². The highest BCUT2D eigenvalue weighted by atomic mass is 32.2. The highest BCUT2D eigenvalue weighted by molar-refractivity contribution is 8.02. The second-order valence-electron chi connectivity index (χ2n) is 1.45. The third-order valence-electron chi connectivity index (χ3n) is 0.903. The summed E-state index contributed by atoms with van der Waals surface area (Å²) in [7, 11) is 1.71. The SMILES string of the molecule is COC1C=CC=CS1. The Balaban J connectivity index is 2.40. The van der Waals surface area contributed by atoms with Gasteiger partial charge < -0.3 is 4.74 Å². The summed E-state index contributed by atoms with van der Waals surface area (Å²) < 4.78 is 5.02. The van der Waals surface area contributed by atoms with Crippen molar-refractivity contribution in [1.82, 2.24) is 0 Å². The van der Waals surface area contributed by atoms with Gasteiger partial charge in [-0.1, -0.05) is 23.9 Å². The predicted octanol–water partition coefficient (Wildman–Crippen LogP) is 1.78. The molecule has 0 radical (unpaired) electrons. The lowest BCUT2D eigenvalue weighted by Crippen LogP contribution is -1.99. The van der Waals surface area contributed by atoms with Gasteiger partial charge >= 0.3 is 0 Å². The van der Waals surface area contributed by atoms with Crippen molar-refractivity contribution in [1.29, 1.82) is 0 Å². The van der Waals surface area contributed by atoms with Crippen LogP contribution in [0.5, 0.6) is 0 Å². The average Bonchev–Trinajstić information content (AvgIpc) is 1.90. The zero-order valence-corrected chi connectivity index (χ0v) is 5.52. The number of thioether (sulfide) groups is 1. The summed E-state index contributed by atoms with van der Waals surface area (Å²) in [5.41, 5.74) is 0.236. The Labute approximate surface area is 53.4 Å². The molecule has 0 aromatic carbocycles. The molecule has 0 aliphatic carbocycles. The van der Waals surface area contributed by atoms with E-state index in [1.807, 2.05) is 23.6 Å². The maximum absolute atomic E-state index is 5.02. The van der Waals surface area contributed by atoms with Crippen LogP contribution in [0.4, 0.5) is 0 Å². The molecule has 0 fully saturated rings. The fraction of sp³-hybridized carbons (Fsp3) is 0.333. The minimum absolute atomic E-state index is 0.236. The molecule has 1 nitrogen and oxygen atoms in total. The summed E-state index contributed by atoms with van der Waals surface area (Å²) in [6.07, 6.45) is 6.01. The van der Waals surface area contributed by atoms with Gasteiger partial charge in [-0.2, -0.15) is 0 Å². The van der Waals surface area contributed by atoms with Crippen molar-refractivity contribution in [3.63, 3.8) is 0 Å². The summed E-state index contributed by atoms with van der Waals surface area (Å²) in [5.74, 6) is 0. The molecule has 1 rings (SSSR count). The molecule has 0 saturated carbocycles. The first kappa shape index (κ1) is 5.92. The van der Waals surface area contributed by atoms with E-state index < -0.39 is 0 Å². The van der Waals surface area contributed by atoms with Gasteiger partial charge in [0.15, 0.2) is 0 Å². The average molecular weight is 128 g/mol. The van der Waals surface area contributed by atoms with Crippen LogP contribution in [0.1, 0.15) is 0 Å². The van der Waals surface area contributed by atoms with E-state index >= 15 is 0 Å². The zero-order valence-electron chi connectivity index (χ0n) is 4.70. The molecular formula is C6H8OS. The Kier molecular flexibility index (Phi) is 2.18. The van der Waals surface area contributed by atoms with Crippen molar-refractivity contribution in [2.75, 3.05) is 7.11 Å². The van der Waals surface area contributed by atoms with E-state index in [0.717, 1.165) is 0 Å². The molecule has 1 aliphatic heterocycles. The van der Waals surface area contributed by atoms with Gasteiger partial charge in [0.2, 0.25) is 0 Å². The first-order valence-corrected chi connectivity index (χ1v) is 3.39. The number of allylic oxidation sites excluding steroid dienone is 2. The van der Waals surface area contributed by atoms with Crippen LogP contribution in [0, 0.1) is 0 Å². The van der Waals surface area contributed by atoms with Crippen LogP contribution >= 0.6 is 11.8 Å². The molecule has 0 spiro atoms. The fourth-order valence-corrected chi connectivity index (χ4v) is 1.13. The Morgan fingerprint density at radius 2 is 2.38 bits per heavy atom. The lowest BCUT2D eigenvalue weighted by molar-refractivity contribution is 0.208. The molecule has 44 valence electrons. The predicted molar refractivity (Wildman–Crippen MR) is 36.7 cm³/mol. The van der Waals surface area contributed by atoms with Gasteiger partial charge in [0.25, 0.3) is 0 Å². The summed E-state index contributed by atoms with van der Waals surface area (Å²) in [5, 5.41) is 2.02. The topological polar surface area (TPSA) is 9.23 Å². The van der Waals surface area contributed by atoms with Gasteiger partial charge in [-0.05, 0) is 11.5 Å². The Bertz CT molecular complexity index is 118. The highest BCUT2D eigenvalue weighted by Crippen LogP contribution is 2.17. The smallest absolute Gasteiger partial charge is 0.125 e. The molecule has 1 unspecified atom stereocenters. The van der Waals surface area contributed by atoms with E-state index in [2.05, 4.69) is 0 Å². The Hall–Kier alpha value is -0.210. The Morgan fingerprint density at radius 1 is 1.50 bits per heavy atom. The van der Waals surface area contributed by atoms with Crippen molar-refractivity contribution in [2.24, 2.45) is 0 Å². The molecule has 0 aromatic rings. The first-order chi connectivity index (χ1) is 3.93. The summed E-state index contributed by atoms with van der Waals surface area (Å²) in [6.45, 7) is 0. The third kappa shape index (κ3) is 1.39. The lowest BCUT2D eigenvalue weighted by atomic mass is 10.5. The first-order valence-electron chi connectivity index (χ1n) is 2.45. The molecular weight excluding hydrogens is 120 g/mol. The van der Waals surface area contributed by atoms with E-state index in [1.54, 1.807) is 18.9 Å². The monoisotopic (exact) mass is 128 g/mol. The summed E-state index contributed by atoms with van der Waals surface area (Å²) in [6, 6.07) is 0. The van der Waals surface area contributed by atoms with E-state index in [1.165, 1.54) is 0 Å². The van der Waals surface area contributed by atoms with Crippen molar-refractivity contribution < 1.29 is 4.74 Å². The van der Waals surface area contributed by atoms with Crippen molar-refractivity contribution in [2.45, 2.75) is 5.44 Å². The second kappa shape index (κ2) is 2.95. The van der Waals surface area contributed by atoms with Gasteiger partial charge in [0, 0.05) is 7.11 Å². The Morgan fingerprint density at radius 3 is 2.75 bits per heavy atom. The highest BCUT2D eigenvalue weighted by Gasteiger charge is 2.00. The van der Waals surface area contributed by atoms with E-state index in [4.69, 9.17) is 4.74 Å². The van der Waals surface area contributed by atoms with Crippen LogP contribution in [0.3, 0.4) is 0 Å². The van der Waals surface area contributed by atoms with Crippen molar-refractivity contribution in [3.05, 3.63) is 23.6 Å². The maximum atomic E-state index is 5.02. The third-order valence-corrected chi connectivity index (χ3v) is 1.84. The minimum Gasteiger partial charge on any atom is -0.366 e.